The summed E-state index contributed by atoms with van der Waals surface area (Å²) >= 11 is 0. The van der Waals surface area contributed by atoms with Gasteiger partial charge in [-0.05, 0) is 36.2 Å². The van der Waals surface area contributed by atoms with Crippen molar-refractivity contribution < 1.29 is 23.8 Å². The third-order valence-corrected chi connectivity index (χ3v) is 3.86. The molecule has 1 unspecified atom stereocenters. The maximum Gasteiger partial charge on any atom is 0.305 e. The molecule has 0 bridgehead atoms. The van der Waals surface area contributed by atoms with Gasteiger partial charge >= 0.3 is 5.97 Å². The smallest absolute Gasteiger partial charge is 0.305 e. The zero-order valence-corrected chi connectivity index (χ0v) is 15.4. The Balaban J connectivity index is 1.97. The molecule has 1 N–H and O–H groups in total. The molecule has 0 saturated heterocycles. The van der Waals surface area contributed by atoms with Crippen molar-refractivity contribution in [1.82, 2.24) is 4.90 Å². The number of ether oxygens (including phenoxy) is 2. The molecule has 0 radical (unpaired) electrons. The third kappa shape index (κ3) is 6.90. The maximum atomic E-state index is 11.5. The van der Waals surface area contributed by atoms with Gasteiger partial charge in [0.1, 0.15) is 24.2 Å². The molecule has 0 aliphatic carbocycles. The summed E-state index contributed by atoms with van der Waals surface area (Å²) in [6.45, 7) is 3.42. The Morgan fingerprint density at radius 1 is 1.27 bits per heavy atom. The Labute approximate surface area is 154 Å². The molecule has 6 heteroatoms. The van der Waals surface area contributed by atoms with Crippen LogP contribution in [-0.4, -0.2) is 42.3 Å². The number of esters is 1. The van der Waals surface area contributed by atoms with E-state index in [4.69, 9.17) is 13.9 Å². The van der Waals surface area contributed by atoms with Crippen LogP contribution >= 0.6 is 0 Å². The summed E-state index contributed by atoms with van der Waals surface area (Å²) < 4.78 is 15.8. The Morgan fingerprint density at radius 3 is 2.81 bits per heavy atom. The molecule has 2 rings (SSSR count). The predicted molar refractivity (Wildman–Crippen MR) is 97.7 cm³/mol. The van der Waals surface area contributed by atoms with E-state index in [9.17, 15) is 9.90 Å². The van der Waals surface area contributed by atoms with Gasteiger partial charge in [-0.3, -0.25) is 9.69 Å². The lowest BCUT2D eigenvalue weighted by Gasteiger charge is -2.24. The van der Waals surface area contributed by atoms with Crippen LogP contribution in [-0.2, 0) is 22.6 Å². The minimum atomic E-state index is -0.767. The van der Waals surface area contributed by atoms with Crippen LogP contribution in [0.25, 0.3) is 0 Å². The maximum absolute atomic E-state index is 11.5. The molecule has 1 atom stereocenters. The lowest BCUT2D eigenvalue weighted by atomic mass is 10.2. The number of rotatable bonds is 11. The Hall–Kier alpha value is -2.31. The molecule has 142 valence electrons. The van der Waals surface area contributed by atoms with Crippen molar-refractivity contribution in [2.75, 3.05) is 20.3 Å². The van der Waals surface area contributed by atoms with E-state index < -0.39 is 6.10 Å². The van der Waals surface area contributed by atoms with Crippen molar-refractivity contribution in [3.8, 4) is 5.75 Å². The first-order valence-electron chi connectivity index (χ1n) is 8.82. The molecular formula is C20H27NO5. The van der Waals surface area contributed by atoms with Crippen LogP contribution in [0.15, 0.2) is 47.1 Å². The molecule has 0 aliphatic heterocycles. The van der Waals surface area contributed by atoms with Crippen molar-refractivity contribution in [2.45, 2.75) is 39.0 Å². The molecule has 1 aromatic heterocycles. The second kappa shape index (κ2) is 10.6. The first-order valence-corrected chi connectivity index (χ1v) is 8.82. The highest BCUT2D eigenvalue weighted by Crippen LogP contribution is 2.16. The third-order valence-electron chi connectivity index (χ3n) is 3.86. The molecule has 0 aliphatic rings. The second-order valence-corrected chi connectivity index (χ2v) is 6.19. The van der Waals surface area contributed by atoms with E-state index in [0.717, 1.165) is 23.5 Å². The van der Waals surface area contributed by atoms with Gasteiger partial charge in [-0.25, -0.2) is 0 Å². The summed E-state index contributed by atoms with van der Waals surface area (Å²) in [6, 6.07) is 11.5. The van der Waals surface area contributed by atoms with E-state index >= 15 is 0 Å². The number of furan rings is 1. The lowest BCUT2D eigenvalue weighted by molar-refractivity contribution is -0.147. The first-order chi connectivity index (χ1) is 12.6. The molecule has 1 aromatic carbocycles. The van der Waals surface area contributed by atoms with Crippen molar-refractivity contribution in [3.63, 3.8) is 0 Å². The van der Waals surface area contributed by atoms with Gasteiger partial charge in [-0.1, -0.05) is 19.1 Å². The topological polar surface area (TPSA) is 72.1 Å². The van der Waals surface area contributed by atoms with Gasteiger partial charge in [0.25, 0.3) is 0 Å². The van der Waals surface area contributed by atoms with Crippen LogP contribution < -0.4 is 4.74 Å². The number of aliphatic hydroxyl groups excluding tert-OH is 1. The van der Waals surface area contributed by atoms with Crippen molar-refractivity contribution >= 4 is 5.97 Å². The summed E-state index contributed by atoms with van der Waals surface area (Å²) in [7, 11) is 1.63. The van der Waals surface area contributed by atoms with E-state index in [1.165, 1.54) is 0 Å². The second-order valence-electron chi connectivity index (χ2n) is 6.19. The summed E-state index contributed by atoms with van der Waals surface area (Å²) in [5.41, 5.74) is 1.06. The Bertz CT molecular complexity index is 656. The highest BCUT2D eigenvalue weighted by molar-refractivity contribution is 5.69. The van der Waals surface area contributed by atoms with Crippen LogP contribution in [0.2, 0.25) is 0 Å². The lowest BCUT2D eigenvalue weighted by Crippen LogP contribution is -2.34. The van der Waals surface area contributed by atoms with E-state index in [1.807, 2.05) is 48.2 Å². The van der Waals surface area contributed by atoms with E-state index in [1.54, 1.807) is 13.4 Å². The van der Waals surface area contributed by atoms with Gasteiger partial charge in [0.2, 0.25) is 0 Å². The van der Waals surface area contributed by atoms with Gasteiger partial charge in [0.05, 0.1) is 19.9 Å². The molecule has 1 heterocycles. The summed E-state index contributed by atoms with van der Waals surface area (Å²) in [4.78, 5) is 13.5. The number of carbonyl (C=O) groups excluding carboxylic acids is 1. The quantitative estimate of drug-likeness (QED) is 0.621. The van der Waals surface area contributed by atoms with Crippen LogP contribution in [0.3, 0.4) is 0 Å². The summed E-state index contributed by atoms with van der Waals surface area (Å²) in [5, 5.41) is 10.3. The number of carbonyl (C=O) groups is 1. The first kappa shape index (κ1) is 20.0. The molecule has 0 amide bonds. The normalized spacial score (nSPS) is 12.2. The highest BCUT2D eigenvalue weighted by Gasteiger charge is 2.16. The number of benzene rings is 1. The predicted octanol–water partition coefficient (Wildman–Crippen LogP) is 2.99. The van der Waals surface area contributed by atoms with Crippen molar-refractivity contribution in [2.24, 2.45) is 0 Å². The largest absolute Gasteiger partial charge is 0.497 e. The fourth-order valence-electron chi connectivity index (χ4n) is 2.65. The summed E-state index contributed by atoms with van der Waals surface area (Å²) in [5.74, 6) is 1.31. The molecule has 26 heavy (non-hydrogen) atoms. The number of hydrogen-bond acceptors (Lipinski definition) is 6. The molecule has 0 saturated carbocycles. The van der Waals surface area contributed by atoms with Crippen LogP contribution in [0, 0.1) is 0 Å². The van der Waals surface area contributed by atoms with Gasteiger partial charge < -0.3 is 19.0 Å². The monoisotopic (exact) mass is 361 g/mol. The fourth-order valence-corrected chi connectivity index (χ4v) is 2.65. The van der Waals surface area contributed by atoms with Crippen LogP contribution in [0.4, 0.5) is 0 Å². The zero-order valence-electron chi connectivity index (χ0n) is 15.4. The van der Waals surface area contributed by atoms with E-state index in [0.29, 0.717) is 26.1 Å². The minimum Gasteiger partial charge on any atom is -0.497 e. The summed E-state index contributed by atoms with van der Waals surface area (Å²) in [6.07, 6.45) is 1.96. The van der Waals surface area contributed by atoms with Crippen molar-refractivity contribution in [3.05, 3.63) is 54.0 Å². The van der Waals surface area contributed by atoms with E-state index in [2.05, 4.69) is 0 Å². The number of hydrogen-bond donors (Lipinski definition) is 1. The van der Waals surface area contributed by atoms with Gasteiger partial charge in [-0.2, -0.15) is 0 Å². The van der Waals surface area contributed by atoms with E-state index in [-0.39, 0.29) is 12.6 Å². The van der Waals surface area contributed by atoms with Gasteiger partial charge in [0, 0.05) is 19.5 Å². The Morgan fingerprint density at radius 2 is 2.12 bits per heavy atom. The molecule has 6 nitrogen and oxygen atoms in total. The average molecular weight is 361 g/mol. The van der Waals surface area contributed by atoms with Crippen LogP contribution in [0.1, 0.15) is 31.1 Å². The van der Waals surface area contributed by atoms with Crippen molar-refractivity contribution in [1.29, 1.82) is 0 Å². The van der Waals surface area contributed by atoms with Gasteiger partial charge in [0.15, 0.2) is 0 Å². The fraction of sp³-hybridized carbons (Fsp3) is 0.450. The van der Waals surface area contributed by atoms with Gasteiger partial charge in [-0.15, -0.1) is 0 Å². The number of aliphatic hydroxyl groups is 1. The highest BCUT2D eigenvalue weighted by atomic mass is 16.5. The minimum absolute atomic E-state index is 0.00833. The molecule has 0 fully saturated rings. The Kier molecular flexibility index (Phi) is 8.18. The van der Waals surface area contributed by atoms with Crippen LogP contribution in [0.5, 0.6) is 5.75 Å². The number of methoxy groups -OCH3 is 1. The molecule has 2 aromatic rings. The number of nitrogens with zero attached hydrogens (tertiary/aromatic N) is 1. The average Bonchev–Trinajstić information content (AvgIpc) is 3.13. The molecule has 0 spiro atoms. The zero-order chi connectivity index (χ0) is 18.8. The SMILES string of the molecule is CCCC(=O)OCC(O)CN(Cc1cccc(OC)c1)Cc1ccco1. The standard InChI is InChI=1S/C20H27NO5/c1-3-6-20(23)26-15-17(22)13-21(14-19-9-5-10-25-19)12-16-7-4-8-18(11-16)24-2/h4-5,7-11,17,22H,3,6,12-15H2,1-2H3. The molecular weight excluding hydrogens is 334 g/mol.